The molecule has 1 amide bonds. The maximum Gasteiger partial charge on any atom is 0.313 e. The summed E-state index contributed by atoms with van der Waals surface area (Å²) in [5, 5.41) is 0. The molecule has 0 aromatic rings. The molecule has 1 atom stereocenters. The highest BCUT2D eigenvalue weighted by atomic mass is 16.2. The van der Waals surface area contributed by atoms with Gasteiger partial charge in [-0.05, 0) is 42.9 Å². The highest BCUT2D eigenvalue weighted by molar-refractivity contribution is 5.69. The van der Waals surface area contributed by atoms with E-state index >= 15 is 0 Å². The van der Waals surface area contributed by atoms with Gasteiger partial charge in [-0.3, -0.25) is 4.48 Å². The summed E-state index contributed by atoms with van der Waals surface area (Å²) in [5.41, 5.74) is 1.89. The Bertz CT molecular complexity index is 534. The molecule has 0 saturated heterocycles. The molecule has 0 fully saturated rings. The van der Waals surface area contributed by atoms with Crippen LogP contribution in [0.4, 0.5) is 0 Å². The molecular weight excluding hydrogens is 318 g/mol. The van der Waals surface area contributed by atoms with Crippen molar-refractivity contribution in [1.82, 2.24) is 0 Å². The number of hydrogen-bond acceptors (Lipinski definition) is 1. The van der Waals surface area contributed by atoms with Crippen molar-refractivity contribution in [3.8, 4) is 0 Å². The Morgan fingerprint density at radius 2 is 1.81 bits per heavy atom. The molecule has 0 heterocycles. The largest absolute Gasteiger partial charge is 0.313 e. The van der Waals surface area contributed by atoms with E-state index in [1.54, 1.807) is 0 Å². The predicted octanol–water partition coefficient (Wildman–Crippen LogP) is 6.38. The molecule has 0 N–H and O–H groups in total. The zero-order valence-electron chi connectivity index (χ0n) is 19.0. The van der Waals surface area contributed by atoms with Crippen LogP contribution < -0.4 is 0 Å². The normalized spacial score (nSPS) is 17.4. The van der Waals surface area contributed by atoms with Gasteiger partial charge in [0.25, 0.3) is 0 Å². The molecular formula is C24H44NO+. The molecule has 1 aliphatic rings. The first-order valence-electron chi connectivity index (χ1n) is 10.5. The van der Waals surface area contributed by atoms with Crippen molar-refractivity contribution in [2.24, 2.45) is 22.7 Å². The van der Waals surface area contributed by atoms with Crippen LogP contribution in [0.1, 0.15) is 80.6 Å². The first-order valence-corrected chi connectivity index (χ1v) is 10.5. The number of allylic oxidation sites excluding steroid dienone is 4. The Hall–Kier alpha value is -0.890. The first-order chi connectivity index (χ1) is 11.8. The Kier molecular flexibility index (Phi) is 7.89. The molecule has 0 saturated carbocycles. The molecule has 1 aliphatic carbocycles. The number of nitrogens with zero attached hydrogens (tertiary/aromatic N) is 1. The van der Waals surface area contributed by atoms with E-state index in [0.717, 1.165) is 32.2 Å². The molecule has 0 radical (unpaired) electrons. The first kappa shape index (κ1) is 23.1. The van der Waals surface area contributed by atoms with Gasteiger partial charge in [0.1, 0.15) is 0 Å². The van der Waals surface area contributed by atoms with Gasteiger partial charge in [0, 0.05) is 5.41 Å². The molecule has 0 aromatic carbocycles. The molecule has 0 bridgehead atoms. The van der Waals surface area contributed by atoms with E-state index in [2.05, 4.69) is 80.8 Å². The van der Waals surface area contributed by atoms with Gasteiger partial charge < -0.3 is 0 Å². The molecule has 1 unspecified atom stereocenters. The molecule has 150 valence electrons. The van der Waals surface area contributed by atoms with Crippen LogP contribution in [0.3, 0.4) is 0 Å². The van der Waals surface area contributed by atoms with Crippen LogP contribution in [0.15, 0.2) is 23.8 Å². The van der Waals surface area contributed by atoms with Crippen molar-refractivity contribution < 1.29 is 9.28 Å². The van der Waals surface area contributed by atoms with E-state index in [-0.39, 0.29) is 10.8 Å². The topological polar surface area (TPSA) is 17.1 Å². The maximum absolute atomic E-state index is 13.2. The van der Waals surface area contributed by atoms with Crippen molar-refractivity contribution in [1.29, 1.82) is 0 Å². The lowest BCUT2D eigenvalue weighted by Crippen LogP contribution is -2.52. The lowest BCUT2D eigenvalue weighted by atomic mass is 9.69. The third-order valence-electron chi connectivity index (χ3n) is 6.48. The monoisotopic (exact) mass is 362 g/mol. The van der Waals surface area contributed by atoms with Gasteiger partial charge in [0.05, 0.1) is 27.1 Å². The number of hydrogen-bond donors (Lipinski definition) is 0. The summed E-state index contributed by atoms with van der Waals surface area (Å²) < 4.78 is 0.487. The van der Waals surface area contributed by atoms with Gasteiger partial charge in [0.2, 0.25) is 0 Å². The lowest BCUT2D eigenvalue weighted by Gasteiger charge is -2.41. The van der Waals surface area contributed by atoms with Gasteiger partial charge in [-0.2, -0.15) is 0 Å². The van der Waals surface area contributed by atoms with Crippen LogP contribution in [0.25, 0.3) is 0 Å². The van der Waals surface area contributed by atoms with Crippen molar-refractivity contribution >= 4 is 5.91 Å². The second-order valence-electron chi connectivity index (χ2n) is 10.7. The van der Waals surface area contributed by atoms with Crippen LogP contribution in [0.2, 0.25) is 0 Å². The molecule has 1 rings (SSSR count). The summed E-state index contributed by atoms with van der Waals surface area (Å²) in [5.74, 6) is 1.42. The van der Waals surface area contributed by atoms with Crippen LogP contribution in [0, 0.1) is 22.7 Å². The highest BCUT2D eigenvalue weighted by Crippen LogP contribution is 2.40. The van der Waals surface area contributed by atoms with Crippen molar-refractivity contribution in [2.45, 2.75) is 80.6 Å². The van der Waals surface area contributed by atoms with Crippen molar-refractivity contribution in [2.75, 3.05) is 20.6 Å². The second kappa shape index (κ2) is 8.87. The van der Waals surface area contributed by atoms with Gasteiger partial charge in [-0.1, -0.05) is 72.3 Å². The third kappa shape index (κ3) is 6.68. The minimum atomic E-state index is 0.140. The number of carbonyl (C=O) groups excluding carboxylic acids is 1. The van der Waals surface area contributed by atoms with E-state index in [1.807, 2.05) is 0 Å². The van der Waals surface area contributed by atoms with Crippen LogP contribution >= 0.6 is 0 Å². The lowest BCUT2D eigenvalue weighted by molar-refractivity contribution is -0.821. The van der Waals surface area contributed by atoms with Crippen molar-refractivity contribution in [3.63, 3.8) is 0 Å². The Morgan fingerprint density at radius 1 is 1.19 bits per heavy atom. The minimum Gasteiger partial charge on any atom is -0.265 e. The van der Waals surface area contributed by atoms with E-state index in [0.29, 0.717) is 28.6 Å². The Morgan fingerprint density at radius 3 is 2.27 bits per heavy atom. The minimum absolute atomic E-state index is 0.140. The standard InChI is InChI=1S/C24H44NO/c1-10-20(21-14-12-11-13-15-21)16-22(26)25(8,9)18-23(4,5)17-24(6,7)19(2)3/h11-12,14,19-20H,10,13,15-18H2,1-9H3/q+1. The summed E-state index contributed by atoms with van der Waals surface area (Å²) in [6.07, 6.45) is 11.7. The predicted molar refractivity (Wildman–Crippen MR) is 114 cm³/mol. The van der Waals surface area contributed by atoms with E-state index in [1.165, 1.54) is 5.57 Å². The summed E-state index contributed by atoms with van der Waals surface area (Å²) >= 11 is 0. The number of quaternary nitrogens is 1. The Labute approximate surface area is 163 Å². The van der Waals surface area contributed by atoms with Crippen LogP contribution in [-0.2, 0) is 4.79 Å². The van der Waals surface area contributed by atoms with Crippen LogP contribution in [0.5, 0.6) is 0 Å². The molecule has 2 heteroatoms. The fourth-order valence-electron chi connectivity index (χ4n) is 4.61. The van der Waals surface area contributed by atoms with Crippen molar-refractivity contribution in [3.05, 3.63) is 23.8 Å². The van der Waals surface area contributed by atoms with E-state index < -0.39 is 0 Å². The summed E-state index contributed by atoms with van der Waals surface area (Å²) in [7, 11) is 4.21. The molecule has 0 aliphatic heterocycles. The number of rotatable bonds is 9. The van der Waals surface area contributed by atoms with E-state index in [4.69, 9.17) is 0 Å². The average Bonchev–Trinajstić information content (AvgIpc) is 2.50. The Balaban J connectivity index is 2.80. The third-order valence-corrected chi connectivity index (χ3v) is 6.48. The SMILES string of the molecule is CCC(CC(=O)[N+](C)(C)CC(C)(C)CC(C)(C)C(C)C)C1=CC=CCC1. The summed E-state index contributed by atoms with van der Waals surface area (Å²) in [6, 6.07) is 0. The zero-order chi connectivity index (χ0) is 20.2. The fourth-order valence-corrected chi connectivity index (χ4v) is 4.61. The summed E-state index contributed by atoms with van der Waals surface area (Å²) in [6.45, 7) is 17.1. The van der Waals surface area contributed by atoms with Crippen LogP contribution in [-0.4, -0.2) is 31.0 Å². The average molecular weight is 363 g/mol. The fraction of sp³-hybridized carbons (Fsp3) is 0.792. The molecule has 0 spiro atoms. The molecule has 0 aromatic heterocycles. The maximum atomic E-state index is 13.2. The molecule has 2 nitrogen and oxygen atoms in total. The zero-order valence-corrected chi connectivity index (χ0v) is 19.0. The van der Waals surface area contributed by atoms with Gasteiger partial charge in [-0.15, -0.1) is 0 Å². The van der Waals surface area contributed by atoms with Gasteiger partial charge in [-0.25, -0.2) is 4.79 Å². The van der Waals surface area contributed by atoms with Gasteiger partial charge in [0.15, 0.2) is 0 Å². The number of carbonyl (C=O) groups is 1. The number of amides is 1. The summed E-state index contributed by atoms with van der Waals surface area (Å²) in [4.78, 5) is 13.2. The highest BCUT2D eigenvalue weighted by Gasteiger charge is 2.39. The molecule has 26 heavy (non-hydrogen) atoms. The second-order valence-corrected chi connectivity index (χ2v) is 10.7. The quantitative estimate of drug-likeness (QED) is 0.435. The van der Waals surface area contributed by atoms with E-state index in [9.17, 15) is 4.79 Å². The smallest absolute Gasteiger partial charge is 0.265 e. The van der Waals surface area contributed by atoms with Gasteiger partial charge >= 0.3 is 5.91 Å².